The number of rotatable bonds is 5. The maximum Gasteiger partial charge on any atom is 0.326 e. The van der Waals surface area contributed by atoms with Gasteiger partial charge >= 0.3 is 5.97 Å². The Labute approximate surface area is 97.4 Å². The van der Waals surface area contributed by atoms with E-state index >= 15 is 0 Å². The van der Waals surface area contributed by atoms with Gasteiger partial charge in [-0.3, -0.25) is 4.79 Å². The van der Waals surface area contributed by atoms with Gasteiger partial charge in [-0.2, -0.15) is 0 Å². The molecule has 0 aliphatic rings. The zero-order chi connectivity index (χ0) is 12.9. The average Bonchev–Trinajstić information content (AvgIpc) is 2.11. The van der Waals surface area contributed by atoms with E-state index < -0.39 is 17.4 Å². The summed E-state index contributed by atoms with van der Waals surface area (Å²) in [6, 6.07) is -0.830. The second-order valence-corrected chi connectivity index (χ2v) is 5.42. The van der Waals surface area contributed by atoms with Crippen molar-refractivity contribution < 1.29 is 14.7 Å². The van der Waals surface area contributed by atoms with Crippen molar-refractivity contribution >= 4 is 11.9 Å². The molecule has 0 aromatic heterocycles. The van der Waals surface area contributed by atoms with Gasteiger partial charge in [0.2, 0.25) is 5.91 Å². The van der Waals surface area contributed by atoms with E-state index in [-0.39, 0.29) is 11.8 Å². The van der Waals surface area contributed by atoms with E-state index in [1.807, 2.05) is 13.8 Å². The lowest BCUT2D eigenvalue weighted by Crippen LogP contribution is -2.49. The topological polar surface area (TPSA) is 66.4 Å². The Morgan fingerprint density at radius 3 is 2.12 bits per heavy atom. The molecule has 1 amide bonds. The molecule has 0 radical (unpaired) electrons. The minimum absolute atomic E-state index is 0.184. The molecule has 0 aromatic carbocycles. The van der Waals surface area contributed by atoms with E-state index in [4.69, 9.17) is 5.11 Å². The van der Waals surface area contributed by atoms with E-state index in [0.717, 1.165) is 6.42 Å². The second-order valence-electron chi connectivity index (χ2n) is 5.42. The van der Waals surface area contributed by atoms with E-state index in [1.54, 1.807) is 20.8 Å². The summed E-state index contributed by atoms with van der Waals surface area (Å²) in [5, 5.41) is 11.6. The first-order valence-corrected chi connectivity index (χ1v) is 5.70. The molecular formula is C12H23NO3. The summed E-state index contributed by atoms with van der Waals surface area (Å²) in [5.41, 5.74) is -0.475. The van der Waals surface area contributed by atoms with Gasteiger partial charge in [-0.15, -0.1) is 0 Å². The van der Waals surface area contributed by atoms with Crippen LogP contribution in [0.5, 0.6) is 0 Å². The fraction of sp³-hybridized carbons (Fsp3) is 0.833. The first-order chi connectivity index (χ1) is 7.18. The number of aliphatic carboxylic acids is 1. The molecule has 0 rings (SSSR count). The Bertz CT molecular complexity index is 255. The second kappa shape index (κ2) is 5.87. The number of carbonyl (C=O) groups is 2. The molecule has 0 aliphatic carbocycles. The molecule has 0 aliphatic heterocycles. The van der Waals surface area contributed by atoms with Gasteiger partial charge in [0.25, 0.3) is 0 Å². The third kappa shape index (κ3) is 5.14. The molecule has 0 fully saturated rings. The highest BCUT2D eigenvalue weighted by molar-refractivity contribution is 5.84. The van der Waals surface area contributed by atoms with Crippen LogP contribution in [0.4, 0.5) is 0 Å². The van der Waals surface area contributed by atoms with Crippen LogP contribution in [0.15, 0.2) is 0 Å². The number of hydrogen-bond donors (Lipinski definition) is 2. The Hall–Kier alpha value is -1.06. The van der Waals surface area contributed by atoms with Gasteiger partial charge in [0, 0.05) is 6.42 Å². The van der Waals surface area contributed by atoms with E-state index in [1.165, 1.54) is 0 Å². The summed E-state index contributed by atoms with van der Waals surface area (Å²) in [6.45, 7) is 9.39. The number of carboxylic acids is 1. The van der Waals surface area contributed by atoms with Gasteiger partial charge in [0.15, 0.2) is 0 Å². The van der Waals surface area contributed by atoms with Crippen molar-refractivity contribution in [3.05, 3.63) is 0 Å². The molecule has 2 atom stereocenters. The summed E-state index contributed by atoms with van der Waals surface area (Å²) in [4.78, 5) is 22.6. The van der Waals surface area contributed by atoms with Crippen LogP contribution in [0.1, 0.15) is 47.5 Å². The summed E-state index contributed by atoms with van der Waals surface area (Å²) in [7, 11) is 0. The van der Waals surface area contributed by atoms with Crippen LogP contribution in [-0.2, 0) is 9.59 Å². The first-order valence-electron chi connectivity index (χ1n) is 5.70. The Morgan fingerprint density at radius 1 is 1.31 bits per heavy atom. The highest BCUT2D eigenvalue weighted by Gasteiger charge is 2.32. The number of carboxylic acid groups (broad SMARTS) is 1. The van der Waals surface area contributed by atoms with Crippen LogP contribution in [0, 0.1) is 11.3 Å². The van der Waals surface area contributed by atoms with Crippen LogP contribution in [0.2, 0.25) is 0 Å². The fourth-order valence-corrected chi connectivity index (χ4v) is 1.33. The maximum atomic E-state index is 11.6. The molecule has 1 unspecified atom stereocenters. The third-order valence-corrected chi connectivity index (χ3v) is 2.65. The molecule has 0 bridgehead atoms. The van der Waals surface area contributed by atoms with Crippen molar-refractivity contribution in [2.24, 2.45) is 11.3 Å². The number of carbonyl (C=O) groups excluding carboxylic acids is 1. The van der Waals surface area contributed by atoms with Crippen LogP contribution in [0.25, 0.3) is 0 Å². The van der Waals surface area contributed by atoms with Crippen molar-refractivity contribution in [1.29, 1.82) is 0 Å². The van der Waals surface area contributed by atoms with Crippen molar-refractivity contribution in [3.8, 4) is 0 Å². The predicted molar refractivity (Wildman–Crippen MR) is 63.1 cm³/mol. The highest BCUT2D eigenvalue weighted by atomic mass is 16.4. The van der Waals surface area contributed by atoms with Crippen LogP contribution >= 0.6 is 0 Å². The standard InChI is InChI=1S/C12H23NO3/c1-6-8(2)7-9(14)13-10(11(15)16)12(3,4)5/h8,10H,6-7H2,1-5H3,(H,13,14)(H,15,16)/t8?,10-/m1/s1. The quantitative estimate of drug-likeness (QED) is 0.758. The van der Waals surface area contributed by atoms with Crippen LogP contribution in [0.3, 0.4) is 0 Å². The number of hydrogen-bond acceptors (Lipinski definition) is 2. The molecule has 0 saturated heterocycles. The molecule has 2 N–H and O–H groups in total. The van der Waals surface area contributed by atoms with Gasteiger partial charge in [-0.1, -0.05) is 41.0 Å². The molecular weight excluding hydrogens is 206 g/mol. The molecule has 0 saturated carbocycles. The Balaban J connectivity index is 4.43. The maximum absolute atomic E-state index is 11.6. The molecule has 0 heterocycles. The smallest absolute Gasteiger partial charge is 0.326 e. The Morgan fingerprint density at radius 2 is 1.81 bits per heavy atom. The molecule has 0 aromatic rings. The first kappa shape index (κ1) is 14.9. The Kier molecular flexibility index (Phi) is 5.48. The zero-order valence-electron chi connectivity index (χ0n) is 10.8. The van der Waals surface area contributed by atoms with Gasteiger partial charge in [-0.05, 0) is 11.3 Å². The minimum Gasteiger partial charge on any atom is -0.480 e. The minimum atomic E-state index is -0.981. The molecule has 4 nitrogen and oxygen atoms in total. The van der Waals surface area contributed by atoms with Gasteiger partial charge in [-0.25, -0.2) is 4.79 Å². The van der Waals surface area contributed by atoms with Crippen molar-refractivity contribution in [2.75, 3.05) is 0 Å². The van der Waals surface area contributed by atoms with Crippen LogP contribution < -0.4 is 5.32 Å². The van der Waals surface area contributed by atoms with Gasteiger partial charge in [0.1, 0.15) is 6.04 Å². The molecule has 4 heteroatoms. The van der Waals surface area contributed by atoms with Gasteiger partial charge < -0.3 is 10.4 Å². The molecule has 0 spiro atoms. The van der Waals surface area contributed by atoms with Gasteiger partial charge in [0.05, 0.1) is 0 Å². The lowest BCUT2D eigenvalue weighted by molar-refractivity contribution is -0.145. The highest BCUT2D eigenvalue weighted by Crippen LogP contribution is 2.20. The lowest BCUT2D eigenvalue weighted by Gasteiger charge is -2.28. The monoisotopic (exact) mass is 229 g/mol. The zero-order valence-corrected chi connectivity index (χ0v) is 10.8. The SMILES string of the molecule is CCC(C)CC(=O)N[C@H](C(=O)O)C(C)(C)C. The van der Waals surface area contributed by atoms with Crippen molar-refractivity contribution in [1.82, 2.24) is 5.32 Å². The third-order valence-electron chi connectivity index (χ3n) is 2.65. The number of nitrogens with one attached hydrogen (secondary N) is 1. The summed E-state index contributed by atoms with van der Waals surface area (Å²) in [5.74, 6) is -0.879. The molecule has 16 heavy (non-hydrogen) atoms. The number of amides is 1. The van der Waals surface area contributed by atoms with Crippen LogP contribution in [-0.4, -0.2) is 23.0 Å². The average molecular weight is 229 g/mol. The lowest BCUT2D eigenvalue weighted by atomic mass is 9.86. The summed E-state index contributed by atoms with van der Waals surface area (Å²) >= 11 is 0. The fourth-order valence-electron chi connectivity index (χ4n) is 1.33. The van der Waals surface area contributed by atoms with E-state index in [9.17, 15) is 9.59 Å². The van der Waals surface area contributed by atoms with Crippen molar-refractivity contribution in [3.63, 3.8) is 0 Å². The normalized spacial score (nSPS) is 15.3. The van der Waals surface area contributed by atoms with E-state index in [2.05, 4.69) is 5.32 Å². The molecule has 94 valence electrons. The summed E-state index contributed by atoms with van der Waals surface area (Å²) < 4.78 is 0. The van der Waals surface area contributed by atoms with Crippen molar-refractivity contribution in [2.45, 2.75) is 53.5 Å². The summed E-state index contributed by atoms with van der Waals surface area (Å²) in [6.07, 6.45) is 1.30. The largest absolute Gasteiger partial charge is 0.480 e. The van der Waals surface area contributed by atoms with E-state index in [0.29, 0.717) is 6.42 Å². The predicted octanol–water partition coefficient (Wildman–Crippen LogP) is 2.04.